The van der Waals surface area contributed by atoms with E-state index in [1.54, 1.807) is 44.2 Å². The quantitative estimate of drug-likeness (QED) is 0.425. The molecule has 0 bridgehead atoms. The molecule has 1 N–H and O–H groups in total. The minimum atomic E-state index is -3.82. The summed E-state index contributed by atoms with van der Waals surface area (Å²) >= 11 is 12.9. The fraction of sp³-hybridized carbons (Fsp3) is 0.481. The smallest absolute Gasteiger partial charge is 0.244 e. The van der Waals surface area contributed by atoms with Crippen LogP contribution in [0.4, 0.5) is 5.69 Å². The lowest BCUT2D eigenvalue weighted by Crippen LogP contribution is -2.53. The van der Waals surface area contributed by atoms with Crippen molar-refractivity contribution in [1.29, 1.82) is 0 Å². The number of para-hydroxylation sites is 1. The molecule has 1 unspecified atom stereocenters. The summed E-state index contributed by atoms with van der Waals surface area (Å²) in [5, 5.41) is 3.82. The van der Waals surface area contributed by atoms with Crippen molar-refractivity contribution in [1.82, 2.24) is 10.2 Å². The molecule has 0 saturated heterocycles. The lowest BCUT2D eigenvalue weighted by molar-refractivity contribution is -0.140. The minimum Gasteiger partial charge on any atom is -0.352 e. The van der Waals surface area contributed by atoms with Crippen LogP contribution in [-0.2, 0) is 26.2 Å². The number of sulfonamides is 1. The number of benzene rings is 2. The van der Waals surface area contributed by atoms with Gasteiger partial charge in [0.15, 0.2) is 0 Å². The van der Waals surface area contributed by atoms with Crippen LogP contribution in [-0.4, -0.2) is 50.0 Å². The Hall–Kier alpha value is -2.29. The molecule has 0 spiro atoms. The van der Waals surface area contributed by atoms with E-state index in [4.69, 9.17) is 23.2 Å². The average Bonchev–Trinajstić information content (AvgIpc) is 3.32. The zero-order chi connectivity index (χ0) is 27.3. The first-order chi connectivity index (χ1) is 17.4. The molecule has 1 saturated carbocycles. The van der Waals surface area contributed by atoms with Crippen LogP contribution >= 0.6 is 23.2 Å². The summed E-state index contributed by atoms with van der Waals surface area (Å²) in [4.78, 5) is 28.7. The van der Waals surface area contributed by atoms with Crippen LogP contribution in [0.3, 0.4) is 0 Å². The predicted molar refractivity (Wildman–Crippen MR) is 150 cm³/mol. The molecule has 0 radical (unpaired) electrons. The fourth-order valence-corrected chi connectivity index (χ4v) is 6.40. The Morgan fingerprint density at radius 1 is 1.03 bits per heavy atom. The van der Waals surface area contributed by atoms with Crippen LogP contribution in [0.1, 0.15) is 55.7 Å². The van der Waals surface area contributed by atoms with E-state index in [2.05, 4.69) is 5.32 Å². The van der Waals surface area contributed by atoms with E-state index in [-0.39, 0.29) is 18.5 Å². The number of anilines is 1. The third kappa shape index (κ3) is 7.18. The van der Waals surface area contributed by atoms with E-state index in [0.29, 0.717) is 27.7 Å². The van der Waals surface area contributed by atoms with E-state index in [1.807, 2.05) is 13.0 Å². The first kappa shape index (κ1) is 29.3. The van der Waals surface area contributed by atoms with Gasteiger partial charge in [-0.15, -0.1) is 0 Å². The van der Waals surface area contributed by atoms with Gasteiger partial charge >= 0.3 is 0 Å². The molecule has 1 aliphatic carbocycles. The topological polar surface area (TPSA) is 86.8 Å². The van der Waals surface area contributed by atoms with Gasteiger partial charge in [0, 0.05) is 28.2 Å². The molecule has 0 heterocycles. The predicted octanol–water partition coefficient (Wildman–Crippen LogP) is 5.24. The SMILES string of the molecule is CCC(C(=O)NC1CCCC1)N(Cc1c(Cl)cccc1Cl)C(=O)CN(c1c(C)cccc1C)S(C)(=O)=O. The van der Waals surface area contributed by atoms with Gasteiger partial charge in [-0.1, -0.05) is 67.2 Å². The Labute approximate surface area is 230 Å². The van der Waals surface area contributed by atoms with Gasteiger partial charge in [0.25, 0.3) is 0 Å². The van der Waals surface area contributed by atoms with Gasteiger partial charge in [0.1, 0.15) is 12.6 Å². The number of halogens is 2. The maximum atomic E-state index is 13.9. The molecule has 2 amide bonds. The molecular weight excluding hydrogens is 533 g/mol. The number of hydrogen-bond acceptors (Lipinski definition) is 4. The number of amides is 2. The molecule has 10 heteroatoms. The van der Waals surface area contributed by atoms with Crippen LogP contribution in [0, 0.1) is 13.8 Å². The number of carbonyl (C=O) groups excluding carboxylic acids is 2. The molecule has 2 aromatic rings. The van der Waals surface area contributed by atoms with Gasteiger partial charge in [-0.25, -0.2) is 8.42 Å². The zero-order valence-corrected chi connectivity index (χ0v) is 24.1. The Balaban J connectivity index is 2.01. The Morgan fingerprint density at radius 2 is 1.57 bits per heavy atom. The molecule has 0 aliphatic heterocycles. The number of rotatable bonds is 10. The van der Waals surface area contributed by atoms with Gasteiger partial charge < -0.3 is 10.2 Å². The van der Waals surface area contributed by atoms with Crippen molar-refractivity contribution in [3.63, 3.8) is 0 Å². The number of hydrogen-bond donors (Lipinski definition) is 1. The van der Waals surface area contributed by atoms with Crippen LogP contribution in [0.15, 0.2) is 36.4 Å². The summed E-state index contributed by atoms with van der Waals surface area (Å²) in [5.41, 5.74) is 2.41. The Kier molecular flexibility index (Phi) is 9.89. The van der Waals surface area contributed by atoms with Crippen LogP contribution in [0.25, 0.3) is 0 Å². The zero-order valence-electron chi connectivity index (χ0n) is 21.8. The average molecular weight is 569 g/mol. The number of nitrogens with one attached hydrogen (secondary N) is 1. The van der Waals surface area contributed by atoms with Crippen LogP contribution < -0.4 is 9.62 Å². The standard InChI is InChI=1S/C27H35Cl2N3O4S/c1-5-24(27(34)30-20-12-6-7-13-20)31(16-21-22(28)14-9-15-23(21)29)25(33)17-32(37(4,35)36)26-18(2)10-8-11-19(26)3/h8-11,14-15,20,24H,5-7,12-13,16-17H2,1-4H3,(H,30,34). The van der Waals surface area contributed by atoms with E-state index in [0.717, 1.165) is 47.4 Å². The van der Waals surface area contributed by atoms with E-state index >= 15 is 0 Å². The molecule has 202 valence electrons. The monoisotopic (exact) mass is 567 g/mol. The highest BCUT2D eigenvalue weighted by atomic mass is 35.5. The van der Waals surface area contributed by atoms with Crippen LogP contribution in [0.5, 0.6) is 0 Å². The first-order valence-electron chi connectivity index (χ1n) is 12.5. The van der Waals surface area contributed by atoms with Crippen molar-refractivity contribution in [3.8, 4) is 0 Å². The largest absolute Gasteiger partial charge is 0.352 e. The molecule has 1 aliphatic rings. The van der Waals surface area contributed by atoms with Gasteiger partial charge in [0.2, 0.25) is 21.8 Å². The van der Waals surface area contributed by atoms with Crippen molar-refractivity contribution < 1.29 is 18.0 Å². The minimum absolute atomic E-state index is 0.0295. The summed E-state index contributed by atoms with van der Waals surface area (Å²) in [6.45, 7) is 4.94. The van der Waals surface area contributed by atoms with Crippen molar-refractivity contribution >= 4 is 50.7 Å². The lowest BCUT2D eigenvalue weighted by Gasteiger charge is -2.34. The van der Waals surface area contributed by atoms with Crippen molar-refractivity contribution in [3.05, 3.63) is 63.1 Å². The van der Waals surface area contributed by atoms with Crippen molar-refractivity contribution in [2.24, 2.45) is 0 Å². The maximum absolute atomic E-state index is 13.9. The van der Waals surface area contributed by atoms with Gasteiger partial charge in [-0.2, -0.15) is 0 Å². The molecule has 3 rings (SSSR count). The Bertz CT molecular complexity index is 1210. The highest BCUT2D eigenvalue weighted by Gasteiger charge is 2.34. The third-order valence-corrected chi connectivity index (χ3v) is 8.67. The number of carbonyl (C=O) groups is 2. The molecule has 37 heavy (non-hydrogen) atoms. The van der Waals surface area contributed by atoms with Gasteiger partial charge in [-0.05, 0) is 56.4 Å². The summed E-state index contributed by atoms with van der Waals surface area (Å²) in [6.07, 6.45) is 5.33. The summed E-state index contributed by atoms with van der Waals surface area (Å²) in [6, 6.07) is 9.74. The fourth-order valence-electron chi connectivity index (χ4n) is 4.92. The maximum Gasteiger partial charge on any atom is 0.244 e. The summed E-state index contributed by atoms with van der Waals surface area (Å²) < 4.78 is 26.9. The second kappa shape index (κ2) is 12.5. The van der Waals surface area contributed by atoms with Crippen LogP contribution in [0.2, 0.25) is 10.0 Å². The third-order valence-electron chi connectivity index (χ3n) is 6.85. The molecule has 0 aromatic heterocycles. The van der Waals surface area contributed by atoms with E-state index in [9.17, 15) is 18.0 Å². The second-order valence-corrected chi connectivity index (χ2v) is 12.4. The number of nitrogens with zero attached hydrogens (tertiary/aromatic N) is 2. The van der Waals surface area contributed by atoms with Gasteiger partial charge in [-0.3, -0.25) is 13.9 Å². The molecular formula is C27H35Cl2N3O4S. The molecule has 1 fully saturated rings. The lowest BCUT2D eigenvalue weighted by atomic mass is 10.1. The number of aryl methyl sites for hydroxylation is 2. The van der Waals surface area contributed by atoms with Crippen molar-refractivity contribution in [2.75, 3.05) is 17.1 Å². The summed E-state index contributed by atoms with van der Waals surface area (Å²) in [5.74, 6) is -0.776. The van der Waals surface area contributed by atoms with E-state index in [1.165, 1.54) is 4.90 Å². The molecule has 1 atom stereocenters. The second-order valence-electron chi connectivity index (χ2n) is 9.65. The van der Waals surface area contributed by atoms with Crippen molar-refractivity contribution in [2.45, 2.75) is 71.5 Å². The highest BCUT2D eigenvalue weighted by Crippen LogP contribution is 2.30. The molecule has 2 aromatic carbocycles. The molecule has 7 nitrogen and oxygen atoms in total. The Morgan fingerprint density at radius 3 is 2.08 bits per heavy atom. The summed E-state index contributed by atoms with van der Waals surface area (Å²) in [7, 11) is -3.82. The normalized spacial score (nSPS) is 14.9. The van der Waals surface area contributed by atoms with Gasteiger partial charge in [0.05, 0.1) is 11.9 Å². The first-order valence-corrected chi connectivity index (χ1v) is 15.1. The highest BCUT2D eigenvalue weighted by molar-refractivity contribution is 7.92. The van der Waals surface area contributed by atoms with E-state index < -0.39 is 28.5 Å².